The van der Waals surface area contributed by atoms with Gasteiger partial charge >= 0.3 is 0 Å². The Morgan fingerprint density at radius 3 is 2.89 bits per heavy atom. The van der Waals surface area contributed by atoms with E-state index < -0.39 is 0 Å². The topological polar surface area (TPSA) is 81.9 Å². The van der Waals surface area contributed by atoms with Gasteiger partial charge < -0.3 is 10.1 Å². The first-order chi connectivity index (χ1) is 13.3. The Hall–Kier alpha value is -3.22. The number of ether oxygens (including phenoxy) is 1. The molecule has 7 heteroatoms. The van der Waals surface area contributed by atoms with Crippen LogP contribution in [0.3, 0.4) is 0 Å². The van der Waals surface area contributed by atoms with Gasteiger partial charge in [-0.05, 0) is 52.6 Å². The fraction of sp³-hybridized carbons (Fsp3) is 0.300. The van der Waals surface area contributed by atoms with E-state index in [1.165, 1.54) is 5.56 Å². The van der Waals surface area contributed by atoms with Crippen molar-refractivity contribution in [2.24, 2.45) is 0 Å². The number of anilines is 1. The molecule has 27 heavy (non-hydrogen) atoms. The minimum atomic E-state index is 0.0369. The monoisotopic (exact) mass is 363 g/mol. The molecule has 0 atom stereocenters. The molecule has 1 aliphatic rings. The summed E-state index contributed by atoms with van der Waals surface area (Å²) in [6, 6.07) is 15.9. The molecule has 1 aliphatic heterocycles. The van der Waals surface area contributed by atoms with Crippen LogP contribution in [0.2, 0.25) is 0 Å². The standard InChI is InChI=1S/C20H21N5O2/c26-20-14-16-13-17(8-9-18(16)21-20)27-11-5-4-10-25-19(22-23-24-25)12-15-6-2-1-3-7-15/h1-3,6-9,13H,4-5,10-12,14H2,(H,21,26). The van der Waals surface area contributed by atoms with Gasteiger partial charge in [0.05, 0.1) is 13.0 Å². The molecule has 1 amide bonds. The number of carbonyl (C=O) groups excluding carboxylic acids is 1. The zero-order valence-corrected chi connectivity index (χ0v) is 15.0. The van der Waals surface area contributed by atoms with Crippen LogP contribution in [-0.4, -0.2) is 32.7 Å². The lowest BCUT2D eigenvalue weighted by molar-refractivity contribution is -0.115. The predicted octanol–water partition coefficient (Wildman–Crippen LogP) is 2.62. The van der Waals surface area contributed by atoms with Crippen LogP contribution in [0.5, 0.6) is 5.75 Å². The first-order valence-corrected chi connectivity index (χ1v) is 9.12. The second kappa shape index (κ2) is 7.99. The predicted molar refractivity (Wildman–Crippen MR) is 101 cm³/mol. The molecule has 0 saturated heterocycles. The maximum atomic E-state index is 11.4. The molecule has 0 aliphatic carbocycles. The lowest BCUT2D eigenvalue weighted by Crippen LogP contribution is -2.08. The van der Waals surface area contributed by atoms with Crippen LogP contribution in [-0.2, 0) is 24.2 Å². The van der Waals surface area contributed by atoms with Crippen molar-refractivity contribution >= 4 is 11.6 Å². The van der Waals surface area contributed by atoms with Gasteiger partial charge in [0, 0.05) is 18.7 Å². The van der Waals surface area contributed by atoms with E-state index >= 15 is 0 Å². The number of hydrogen-bond acceptors (Lipinski definition) is 5. The quantitative estimate of drug-likeness (QED) is 0.622. The maximum Gasteiger partial charge on any atom is 0.228 e. The Kier molecular flexibility index (Phi) is 5.09. The molecule has 1 N–H and O–H groups in total. The van der Waals surface area contributed by atoms with Crippen LogP contribution >= 0.6 is 0 Å². The van der Waals surface area contributed by atoms with E-state index in [9.17, 15) is 4.79 Å². The lowest BCUT2D eigenvalue weighted by Gasteiger charge is -2.08. The third kappa shape index (κ3) is 4.31. The van der Waals surface area contributed by atoms with Crippen molar-refractivity contribution in [3.05, 3.63) is 65.5 Å². The van der Waals surface area contributed by atoms with Crippen molar-refractivity contribution in [3.8, 4) is 5.75 Å². The highest BCUT2D eigenvalue weighted by Gasteiger charge is 2.17. The van der Waals surface area contributed by atoms with Gasteiger partial charge in [0.2, 0.25) is 5.91 Å². The van der Waals surface area contributed by atoms with Gasteiger partial charge in [-0.2, -0.15) is 0 Å². The third-order valence-corrected chi connectivity index (χ3v) is 4.55. The summed E-state index contributed by atoms with van der Waals surface area (Å²) in [6.45, 7) is 1.39. The van der Waals surface area contributed by atoms with Crippen molar-refractivity contribution in [3.63, 3.8) is 0 Å². The number of rotatable bonds is 8. The van der Waals surface area contributed by atoms with Crippen LogP contribution in [0.4, 0.5) is 5.69 Å². The minimum absolute atomic E-state index is 0.0369. The molecule has 0 fully saturated rings. The summed E-state index contributed by atoms with van der Waals surface area (Å²) < 4.78 is 7.67. The maximum absolute atomic E-state index is 11.4. The van der Waals surface area contributed by atoms with Crippen LogP contribution in [0, 0.1) is 0 Å². The average molecular weight is 363 g/mol. The second-order valence-corrected chi connectivity index (χ2v) is 6.58. The molecule has 2 heterocycles. The first kappa shape index (κ1) is 17.2. The number of benzene rings is 2. The van der Waals surface area contributed by atoms with Crippen molar-refractivity contribution in [1.29, 1.82) is 0 Å². The highest BCUT2D eigenvalue weighted by atomic mass is 16.5. The lowest BCUT2D eigenvalue weighted by atomic mass is 10.1. The summed E-state index contributed by atoms with van der Waals surface area (Å²) in [6.07, 6.45) is 2.99. The van der Waals surface area contributed by atoms with E-state index in [4.69, 9.17) is 4.74 Å². The fourth-order valence-electron chi connectivity index (χ4n) is 3.15. The van der Waals surface area contributed by atoms with Gasteiger partial charge in [-0.25, -0.2) is 4.68 Å². The Bertz CT molecular complexity index is 923. The number of carbonyl (C=O) groups is 1. The highest BCUT2D eigenvalue weighted by Crippen LogP contribution is 2.27. The number of unbranched alkanes of at least 4 members (excludes halogenated alkanes) is 1. The molecule has 0 saturated carbocycles. The minimum Gasteiger partial charge on any atom is -0.494 e. The van der Waals surface area contributed by atoms with Gasteiger partial charge in [-0.1, -0.05) is 30.3 Å². The van der Waals surface area contributed by atoms with Gasteiger partial charge in [-0.15, -0.1) is 5.10 Å². The van der Waals surface area contributed by atoms with E-state index in [2.05, 4.69) is 33.0 Å². The molecule has 7 nitrogen and oxygen atoms in total. The molecule has 3 aromatic rings. The second-order valence-electron chi connectivity index (χ2n) is 6.58. The summed E-state index contributed by atoms with van der Waals surface area (Å²) in [5, 5.41) is 14.9. The first-order valence-electron chi connectivity index (χ1n) is 9.12. The largest absolute Gasteiger partial charge is 0.494 e. The third-order valence-electron chi connectivity index (χ3n) is 4.55. The van der Waals surface area contributed by atoms with Crippen LogP contribution in [0.15, 0.2) is 48.5 Å². The van der Waals surface area contributed by atoms with E-state index in [1.807, 2.05) is 41.1 Å². The van der Waals surface area contributed by atoms with Crippen LogP contribution in [0.1, 0.15) is 29.8 Å². The molecule has 1 aromatic heterocycles. The molecule has 4 rings (SSSR count). The van der Waals surface area contributed by atoms with Gasteiger partial charge in [0.1, 0.15) is 5.75 Å². The van der Waals surface area contributed by atoms with E-state index in [0.29, 0.717) is 13.0 Å². The number of aromatic nitrogens is 4. The van der Waals surface area contributed by atoms with Crippen molar-refractivity contribution in [1.82, 2.24) is 20.2 Å². The number of aryl methyl sites for hydroxylation is 1. The highest BCUT2D eigenvalue weighted by molar-refractivity contribution is 5.99. The van der Waals surface area contributed by atoms with Gasteiger partial charge in [-0.3, -0.25) is 4.79 Å². The van der Waals surface area contributed by atoms with Crippen molar-refractivity contribution in [2.45, 2.75) is 32.2 Å². The van der Waals surface area contributed by atoms with Crippen LogP contribution in [0.25, 0.3) is 0 Å². The number of amides is 1. The summed E-state index contributed by atoms with van der Waals surface area (Å²) in [4.78, 5) is 11.4. The van der Waals surface area contributed by atoms with E-state index in [1.54, 1.807) is 0 Å². The molecule has 0 unspecified atom stereocenters. The Labute approximate surface area is 157 Å². The number of hydrogen-bond donors (Lipinski definition) is 1. The number of nitrogens with one attached hydrogen (secondary N) is 1. The number of tetrazole rings is 1. The van der Waals surface area contributed by atoms with E-state index in [-0.39, 0.29) is 5.91 Å². The Morgan fingerprint density at radius 1 is 1.11 bits per heavy atom. The smallest absolute Gasteiger partial charge is 0.228 e. The molecule has 0 bridgehead atoms. The molecular weight excluding hydrogens is 342 g/mol. The number of fused-ring (bicyclic) bond motifs is 1. The normalized spacial score (nSPS) is 12.7. The molecular formula is C20H21N5O2. The summed E-state index contributed by atoms with van der Waals surface area (Å²) in [5.41, 5.74) is 3.08. The molecule has 0 spiro atoms. The summed E-state index contributed by atoms with van der Waals surface area (Å²) in [7, 11) is 0. The zero-order valence-electron chi connectivity index (χ0n) is 15.0. The fourth-order valence-corrected chi connectivity index (χ4v) is 3.15. The molecule has 0 radical (unpaired) electrons. The Morgan fingerprint density at radius 2 is 2.00 bits per heavy atom. The summed E-state index contributed by atoms with van der Waals surface area (Å²) in [5.74, 6) is 1.71. The van der Waals surface area contributed by atoms with E-state index in [0.717, 1.165) is 48.6 Å². The van der Waals surface area contributed by atoms with Crippen molar-refractivity contribution < 1.29 is 9.53 Å². The summed E-state index contributed by atoms with van der Waals surface area (Å²) >= 11 is 0. The Balaban J connectivity index is 1.23. The average Bonchev–Trinajstić information content (AvgIpc) is 3.27. The molecule has 138 valence electrons. The van der Waals surface area contributed by atoms with Crippen molar-refractivity contribution in [2.75, 3.05) is 11.9 Å². The molecule has 2 aromatic carbocycles. The number of nitrogens with zero attached hydrogens (tertiary/aromatic N) is 4. The zero-order chi connectivity index (χ0) is 18.5. The van der Waals surface area contributed by atoms with Gasteiger partial charge in [0.25, 0.3) is 0 Å². The van der Waals surface area contributed by atoms with Crippen LogP contribution < -0.4 is 10.1 Å². The SMILES string of the molecule is O=C1Cc2cc(OCCCCn3nnnc3Cc3ccccc3)ccc2N1. The van der Waals surface area contributed by atoms with Gasteiger partial charge in [0.15, 0.2) is 5.82 Å².